The van der Waals surface area contributed by atoms with Crippen LogP contribution in [0.5, 0.6) is 0 Å². The van der Waals surface area contributed by atoms with Gasteiger partial charge in [0.25, 0.3) is 0 Å². The van der Waals surface area contributed by atoms with Crippen LogP contribution in [0, 0.1) is 5.92 Å². The van der Waals surface area contributed by atoms with Gasteiger partial charge in [0.05, 0.1) is 11.5 Å². The number of para-hydroxylation sites is 1. The van der Waals surface area contributed by atoms with Crippen molar-refractivity contribution in [3.63, 3.8) is 0 Å². The van der Waals surface area contributed by atoms with Crippen LogP contribution in [0.4, 0.5) is 18.9 Å². The van der Waals surface area contributed by atoms with Gasteiger partial charge in [-0.3, -0.25) is 9.59 Å². The maximum absolute atomic E-state index is 12.9. The monoisotopic (exact) mass is 419 g/mol. The van der Waals surface area contributed by atoms with Crippen LogP contribution in [-0.4, -0.2) is 42.3 Å². The Kier molecular flexibility index (Phi) is 6.45. The van der Waals surface area contributed by atoms with Crippen LogP contribution in [0.3, 0.4) is 0 Å². The van der Waals surface area contributed by atoms with Crippen molar-refractivity contribution in [1.82, 2.24) is 9.80 Å². The number of halogens is 3. The molecule has 160 valence electrons. The number of rotatable bonds is 6. The molecule has 1 aliphatic rings. The lowest BCUT2D eigenvalue weighted by atomic mass is 10.1. The Hall–Kier alpha value is -2.87. The third-order valence-electron chi connectivity index (χ3n) is 4.97. The Balaban J connectivity index is 1.66. The summed E-state index contributed by atoms with van der Waals surface area (Å²) in [5.41, 5.74) is 1.29. The molecule has 0 aromatic heterocycles. The standard InChI is InChI=1S/C22H24F3N3O2/c1-27(2)13-16-7-3-4-9-19(16)26-21(30)17-11-20(29)28(14-17)12-15-6-5-8-18(10-15)22(23,24)25/h3-10,17H,11-14H2,1-2H3,(H,26,30)/t17-/m0/s1. The summed E-state index contributed by atoms with van der Waals surface area (Å²) in [4.78, 5) is 28.5. The van der Waals surface area contributed by atoms with Crippen LogP contribution in [0.1, 0.15) is 23.1 Å². The first-order chi connectivity index (χ1) is 14.1. The highest BCUT2D eigenvalue weighted by molar-refractivity contribution is 5.97. The van der Waals surface area contributed by atoms with E-state index in [1.807, 2.05) is 43.3 Å². The largest absolute Gasteiger partial charge is 0.416 e. The number of hydrogen-bond donors (Lipinski definition) is 1. The van der Waals surface area contributed by atoms with Crippen LogP contribution < -0.4 is 5.32 Å². The molecule has 2 amide bonds. The van der Waals surface area contributed by atoms with E-state index in [1.165, 1.54) is 11.0 Å². The van der Waals surface area contributed by atoms with E-state index >= 15 is 0 Å². The Bertz CT molecular complexity index is 928. The maximum Gasteiger partial charge on any atom is 0.416 e. The third kappa shape index (κ3) is 5.38. The van der Waals surface area contributed by atoms with Crippen molar-refractivity contribution in [1.29, 1.82) is 0 Å². The third-order valence-corrected chi connectivity index (χ3v) is 4.97. The molecule has 0 aliphatic carbocycles. The van der Waals surface area contributed by atoms with Crippen LogP contribution in [0.15, 0.2) is 48.5 Å². The Morgan fingerprint density at radius 3 is 2.60 bits per heavy atom. The summed E-state index contributed by atoms with van der Waals surface area (Å²) in [6.45, 7) is 0.877. The zero-order valence-corrected chi connectivity index (χ0v) is 16.9. The van der Waals surface area contributed by atoms with E-state index < -0.39 is 17.7 Å². The smallest absolute Gasteiger partial charge is 0.338 e. The van der Waals surface area contributed by atoms with Crippen molar-refractivity contribution >= 4 is 17.5 Å². The SMILES string of the molecule is CN(C)Cc1ccccc1NC(=O)[C@H]1CC(=O)N(Cc2cccc(C(F)(F)F)c2)C1. The van der Waals surface area contributed by atoms with Crippen LogP contribution in [-0.2, 0) is 28.9 Å². The van der Waals surface area contributed by atoms with Crippen molar-refractivity contribution in [3.8, 4) is 0 Å². The molecule has 1 heterocycles. The highest BCUT2D eigenvalue weighted by Gasteiger charge is 2.35. The van der Waals surface area contributed by atoms with Crippen molar-refractivity contribution in [2.24, 2.45) is 5.92 Å². The molecule has 0 bridgehead atoms. The summed E-state index contributed by atoms with van der Waals surface area (Å²) in [6.07, 6.45) is -4.39. The molecule has 0 radical (unpaired) electrons. The van der Waals surface area contributed by atoms with Gasteiger partial charge in [0.15, 0.2) is 0 Å². The van der Waals surface area contributed by atoms with Crippen LogP contribution in [0.2, 0.25) is 0 Å². The van der Waals surface area contributed by atoms with E-state index in [4.69, 9.17) is 0 Å². The second kappa shape index (κ2) is 8.87. The average molecular weight is 419 g/mol. The van der Waals surface area contributed by atoms with Gasteiger partial charge in [0.1, 0.15) is 0 Å². The summed E-state index contributed by atoms with van der Waals surface area (Å²) in [5, 5.41) is 2.90. The fraction of sp³-hybridized carbons (Fsp3) is 0.364. The van der Waals surface area contributed by atoms with E-state index in [-0.39, 0.29) is 31.3 Å². The van der Waals surface area contributed by atoms with E-state index in [0.29, 0.717) is 17.8 Å². The van der Waals surface area contributed by atoms with Crippen molar-refractivity contribution in [3.05, 3.63) is 65.2 Å². The summed E-state index contributed by atoms with van der Waals surface area (Å²) in [5.74, 6) is -1.05. The first-order valence-electron chi connectivity index (χ1n) is 9.61. The van der Waals surface area contributed by atoms with Gasteiger partial charge in [-0.1, -0.05) is 30.3 Å². The first-order valence-corrected chi connectivity index (χ1v) is 9.61. The molecule has 0 saturated carbocycles. The molecule has 1 saturated heterocycles. The first kappa shape index (κ1) is 21.8. The summed E-state index contributed by atoms with van der Waals surface area (Å²) in [7, 11) is 3.86. The zero-order chi connectivity index (χ0) is 21.9. The van der Waals surface area contributed by atoms with Crippen LogP contribution >= 0.6 is 0 Å². The molecule has 1 atom stereocenters. The molecule has 1 aliphatic heterocycles. The van der Waals surface area contributed by atoms with Crippen molar-refractivity contribution in [2.75, 3.05) is 26.0 Å². The topological polar surface area (TPSA) is 52.7 Å². The van der Waals surface area contributed by atoms with Crippen LogP contribution in [0.25, 0.3) is 0 Å². The number of likely N-dealkylation sites (tertiary alicyclic amines) is 1. The predicted molar refractivity (Wildman–Crippen MR) is 107 cm³/mol. The minimum Gasteiger partial charge on any atom is -0.338 e. The molecule has 2 aromatic rings. The minimum absolute atomic E-state index is 0.0423. The van der Waals surface area contributed by atoms with E-state index in [1.54, 1.807) is 6.07 Å². The van der Waals surface area contributed by atoms with Gasteiger partial charge >= 0.3 is 6.18 Å². The lowest BCUT2D eigenvalue weighted by molar-refractivity contribution is -0.137. The second-order valence-electron chi connectivity index (χ2n) is 7.76. The lowest BCUT2D eigenvalue weighted by Crippen LogP contribution is -2.28. The molecule has 5 nitrogen and oxygen atoms in total. The number of carbonyl (C=O) groups excluding carboxylic acids is 2. The van der Waals surface area contributed by atoms with E-state index in [9.17, 15) is 22.8 Å². The number of nitrogens with one attached hydrogen (secondary N) is 1. The Morgan fingerprint density at radius 2 is 1.90 bits per heavy atom. The fourth-order valence-electron chi connectivity index (χ4n) is 3.52. The van der Waals surface area contributed by atoms with E-state index in [0.717, 1.165) is 17.7 Å². The number of carbonyl (C=O) groups is 2. The number of hydrogen-bond acceptors (Lipinski definition) is 3. The molecule has 3 rings (SSSR count). The number of amides is 2. The number of nitrogens with zero attached hydrogens (tertiary/aromatic N) is 2. The van der Waals surface area contributed by atoms with Gasteiger partial charge in [-0.05, 0) is 43.4 Å². The molecular formula is C22H24F3N3O2. The van der Waals surface area contributed by atoms with Gasteiger partial charge in [0, 0.05) is 31.7 Å². The summed E-state index contributed by atoms with van der Waals surface area (Å²) < 4.78 is 38.7. The molecular weight excluding hydrogens is 395 g/mol. The van der Waals surface area contributed by atoms with Gasteiger partial charge in [-0.15, -0.1) is 0 Å². The Labute approximate surface area is 173 Å². The molecule has 1 N–H and O–H groups in total. The van der Waals surface area contributed by atoms with Gasteiger partial charge in [-0.25, -0.2) is 0 Å². The quantitative estimate of drug-likeness (QED) is 0.776. The number of benzene rings is 2. The lowest BCUT2D eigenvalue weighted by Gasteiger charge is -2.18. The molecule has 0 unspecified atom stereocenters. The van der Waals surface area contributed by atoms with E-state index in [2.05, 4.69) is 5.32 Å². The molecule has 30 heavy (non-hydrogen) atoms. The van der Waals surface area contributed by atoms with Gasteiger partial charge < -0.3 is 15.1 Å². The molecule has 8 heteroatoms. The highest BCUT2D eigenvalue weighted by atomic mass is 19.4. The second-order valence-corrected chi connectivity index (χ2v) is 7.76. The number of alkyl halides is 3. The molecule has 0 spiro atoms. The number of anilines is 1. The van der Waals surface area contributed by atoms with Crippen molar-refractivity contribution in [2.45, 2.75) is 25.7 Å². The van der Waals surface area contributed by atoms with Gasteiger partial charge in [-0.2, -0.15) is 13.2 Å². The minimum atomic E-state index is -4.44. The van der Waals surface area contributed by atoms with Crippen molar-refractivity contribution < 1.29 is 22.8 Å². The summed E-state index contributed by atoms with van der Waals surface area (Å²) in [6, 6.07) is 12.4. The normalized spacial score (nSPS) is 16.9. The fourth-order valence-corrected chi connectivity index (χ4v) is 3.52. The average Bonchev–Trinajstić information content (AvgIpc) is 3.03. The molecule has 1 fully saturated rings. The maximum atomic E-state index is 12.9. The Morgan fingerprint density at radius 1 is 1.17 bits per heavy atom. The highest BCUT2D eigenvalue weighted by Crippen LogP contribution is 2.30. The summed E-state index contributed by atoms with van der Waals surface area (Å²) >= 11 is 0. The predicted octanol–water partition coefficient (Wildman–Crippen LogP) is 3.75. The van der Waals surface area contributed by atoms with Gasteiger partial charge in [0.2, 0.25) is 11.8 Å². The zero-order valence-electron chi connectivity index (χ0n) is 16.9. The molecule has 2 aromatic carbocycles.